The van der Waals surface area contributed by atoms with Crippen molar-refractivity contribution in [3.63, 3.8) is 0 Å². The van der Waals surface area contributed by atoms with Crippen molar-refractivity contribution in [1.29, 1.82) is 0 Å². The summed E-state index contributed by atoms with van der Waals surface area (Å²) in [7, 11) is 1.44. The van der Waals surface area contributed by atoms with Gasteiger partial charge in [0, 0.05) is 18.8 Å². The van der Waals surface area contributed by atoms with Gasteiger partial charge in [-0.1, -0.05) is 6.07 Å². The molecule has 0 aromatic carbocycles. The van der Waals surface area contributed by atoms with Gasteiger partial charge in [-0.05, 0) is 37.8 Å². The number of carbonyl (C=O) groups is 1. The number of hydrogen-bond acceptors (Lipinski definition) is 4. The summed E-state index contributed by atoms with van der Waals surface area (Å²) in [5.41, 5.74) is 1.15. The first kappa shape index (κ1) is 12.9. The van der Waals surface area contributed by atoms with E-state index in [1.165, 1.54) is 13.5 Å². The Bertz CT molecular complexity index is 403. The molecule has 4 heteroatoms. The number of esters is 1. The Labute approximate surface area is 108 Å². The van der Waals surface area contributed by atoms with Crippen molar-refractivity contribution in [3.8, 4) is 0 Å². The lowest BCUT2D eigenvalue weighted by molar-refractivity contribution is -0.141. The zero-order valence-corrected chi connectivity index (χ0v) is 11.1. The first-order chi connectivity index (χ1) is 8.70. The Kier molecular flexibility index (Phi) is 4.18. The maximum atomic E-state index is 11.4. The van der Waals surface area contributed by atoms with E-state index in [-0.39, 0.29) is 12.0 Å². The average Bonchev–Trinajstić information content (AvgIpc) is 2.40. The molecule has 1 aliphatic rings. The monoisotopic (exact) mass is 248 g/mol. The van der Waals surface area contributed by atoms with Crippen LogP contribution in [0.5, 0.6) is 0 Å². The van der Waals surface area contributed by atoms with Crippen LogP contribution in [-0.4, -0.2) is 30.6 Å². The van der Waals surface area contributed by atoms with Gasteiger partial charge in [-0.15, -0.1) is 0 Å². The number of piperidine rings is 1. The van der Waals surface area contributed by atoms with Crippen molar-refractivity contribution in [2.24, 2.45) is 0 Å². The van der Waals surface area contributed by atoms with Crippen molar-refractivity contribution >= 4 is 11.8 Å². The topological polar surface area (TPSA) is 42.4 Å². The van der Waals surface area contributed by atoms with Crippen LogP contribution in [0.3, 0.4) is 0 Å². The van der Waals surface area contributed by atoms with Gasteiger partial charge in [0.2, 0.25) is 0 Å². The molecule has 1 aliphatic heterocycles. The van der Waals surface area contributed by atoms with Crippen LogP contribution in [-0.2, 0) is 9.53 Å². The van der Waals surface area contributed by atoms with Crippen LogP contribution >= 0.6 is 0 Å². The molecule has 1 saturated heterocycles. The molecule has 1 aromatic heterocycles. The predicted molar refractivity (Wildman–Crippen MR) is 70.6 cm³/mol. The first-order valence-corrected chi connectivity index (χ1v) is 6.47. The number of pyridine rings is 1. The molecule has 18 heavy (non-hydrogen) atoms. The second-order valence-electron chi connectivity index (χ2n) is 4.82. The van der Waals surface area contributed by atoms with E-state index in [0.717, 1.165) is 30.8 Å². The zero-order chi connectivity index (χ0) is 13.0. The lowest BCUT2D eigenvalue weighted by atomic mass is 9.99. The molecule has 0 amide bonds. The molecule has 4 nitrogen and oxygen atoms in total. The third kappa shape index (κ3) is 3.00. The predicted octanol–water partition coefficient (Wildman–Crippen LogP) is 2.31. The smallest absolute Gasteiger partial charge is 0.307 e. The molecule has 0 spiro atoms. The normalized spacial score (nSPS) is 19.7. The summed E-state index contributed by atoms with van der Waals surface area (Å²) in [4.78, 5) is 18.1. The molecule has 0 bridgehead atoms. The average molecular weight is 248 g/mol. The van der Waals surface area contributed by atoms with Gasteiger partial charge in [0.05, 0.1) is 13.5 Å². The Morgan fingerprint density at radius 1 is 1.50 bits per heavy atom. The SMILES string of the molecule is COC(=O)CC1CCCCN1c1ccc(C)cn1. The maximum absolute atomic E-state index is 11.4. The molecule has 0 N–H and O–H groups in total. The largest absolute Gasteiger partial charge is 0.469 e. The number of anilines is 1. The van der Waals surface area contributed by atoms with Crippen LogP contribution in [0.15, 0.2) is 18.3 Å². The number of aromatic nitrogens is 1. The summed E-state index contributed by atoms with van der Waals surface area (Å²) in [6.45, 7) is 3.00. The lowest BCUT2D eigenvalue weighted by Crippen LogP contribution is -2.41. The highest BCUT2D eigenvalue weighted by Gasteiger charge is 2.25. The summed E-state index contributed by atoms with van der Waals surface area (Å²) in [6, 6.07) is 4.32. The Morgan fingerprint density at radius 2 is 2.33 bits per heavy atom. The molecule has 1 unspecified atom stereocenters. The van der Waals surface area contributed by atoms with E-state index < -0.39 is 0 Å². The lowest BCUT2D eigenvalue weighted by Gasteiger charge is -2.36. The summed E-state index contributed by atoms with van der Waals surface area (Å²) < 4.78 is 4.77. The molecule has 0 radical (unpaired) electrons. The quantitative estimate of drug-likeness (QED) is 0.770. The van der Waals surface area contributed by atoms with Gasteiger partial charge in [0.1, 0.15) is 5.82 Å². The van der Waals surface area contributed by atoms with Crippen LogP contribution in [0.1, 0.15) is 31.2 Å². The highest BCUT2D eigenvalue weighted by Crippen LogP contribution is 2.25. The molecule has 98 valence electrons. The number of hydrogen-bond donors (Lipinski definition) is 0. The van der Waals surface area contributed by atoms with E-state index in [1.807, 2.05) is 19.2 Å². The third-order valence-corrected chi connectivity index (χ3v) is 3.45. The third-order valence-electron chi connectivity index (χ3n) is 3.45. The Morgan fingerprint density at radius 3 is 3.00 bits per heavy atom. The summed E-state index contributed by atoms with van der Waals surface area (Å²) in [5.74, 6) is 0.827. The molecule has 1 fully saturated rings. The molecular weight excluding hydrogens is 228 g/mol. The number of nitrogens with zero attached hydrogens (tertiary/aromatic N) is 2. The summed E-state index contributed by atoms with van der Waals surface area (Å²) in [5, 5.41) is 0. The summed E-state index contributed by atoms with van der Waals surface area (Å²) in [6.07, 6.45) is 5.69. The number of ether oxygens (including phenoxy) is 1. The van der Waals surface area contributed by atoms with Gasteiger partial charge in [-0.2, -0.15) is 0 Å². The van der Waals surface area contributed by atoms with E-state index in [4.69, 9.17) is 4.74 Å². The molecule has 0 aliphatic carbocycles. The van der Waals surface area contributed by atoms with Gasteiger partial charge in [-0.3, -0.25) is 4.79 Å². The van der Waals surface area contributed by atoms with E-state index >= 15 is 0 Å². The van der Waals surface area contributed by atoms with Crippen molar-refractivity contribution in [2.75, 3.05) is 18.6 Å². The molecule has 1 aromatic rings. The number of rotatable bonds is 3. The minimum absolute atomic E-state index is 0.140. The molecular formula is C14H20N2O2. The second-order valence-corrected chi connectivity index (χ2v) is 4.82. The highest BCUT2D eigenvalue weighted by molar-refractivity contribution is 5.70. The van der Waals surface area contributed by atoms with Gasteiger partial charge >= 0.3 is 5.97 Å². The fraction of sp³-hybridized carbons (Fsp3) is 0.571. The second kappa shape index (κ2) is 5.85. The van der Waals surface area contributed by atoms with E-state index in [9.17, 15) is 4.79 Å². The fourth-order valence-electron chi connectivity index (χ4n) is 2.42. The van der Waals surface area contributed by atoms with Gasteiger partial charge in [0.15, 0.2) is 0 Å². The van der Waals surface area contributed by atoms with Crippen molar-refractivity contribution in [1.82, 2.24) is 4.98 Å². The van der Waals surface area contributed by atoms with Gasteiger partial charge in [-0.25, -0.2) is 4.98 Å². The number of methoxy groups -OCH3 is 1. The van der Waals surface area contributed by atoms with Crippen LogP contribution in [0.25, 0.3) is 0 Å². The number of carbonyl (C=O) groups excluding carboxylic acids is 1. The molecule has 1 atom stereocenters. The van der Waals surface area contributed by atoms with Crippen LogP contribution in [0.4, 0.5) is 5.82 Å². The van der Waals surface area contributed by atoms with Gasteiger partial charge < -0.3 is 9.64 Å². The fourth-order valence-corrected chi connectivity index (χ4v) is 2.42. The van der Waals surface area contributed by atoms with Crippen molar-refractivity contribution in [3.05, 3.63) is 23.9 Å². The van der Waals surface area contributed by atoms with Crippen LogP contribution in [0.2, 0.25) is 0 Å². The van der Waals surface area contributed by atoms with E-state index in [2.05, 4.69) is 16.0 Å². The molecule has 2 heterocycles. The standard InChI is InChI=1S/C14H20N2O2/c1-11-6-7-13(15-10-11)16-8-4-3-5-12(16)9-14(17)18-2/h6-7,10,12H,3-5,8-9H2,1-2H3. The number of aryl methyl sites for hydroxylation is 1. The minimum Gasteiger partial charge on any atom is -0.469 e. The minimum atomic E-state index is -0.140. The van der Waals surface area contributed by atoms with Crippen LogP contribution < -0.4 is 4.90 Å². The first-order valence-electron chi connectivity index (χ1n) is 6.47. The zero-order valence-electron chi connectivity index (χ0n) is 11.1. The highest BCUT2D eigenvalue weighted by atomic mass is 16.5. The van der Waals surface area contributed by atoms with E-state index in [0.29, 0.717) is 6.42 Å². The van der Waals surface area contributed by atoms with Gasteiger partial charge in [0.25, 0.3) is 0 Å². The Hall–Kier alpha value is -1.58. The molecule has 2 rings (SSSR count). The van der Waals surface area contributed by atoms with E-state index in [1.54, 1.807) is 0 Å². The molecule has 0 saturated carbocycles. The maximum Gasteiger partial charge on any atom is 0.307 e. The summed E-state index contributed by atoms with van der Waals surface area (Å²) >= 11 is 0. The van der Waals surface area contributed by atoms with Crippen molar-refractivity contribution in [2.45, 2.75) is 38.6 Å². The Balaban J connectivity index is 2.12. The van der Waals surface area contributed by atoms with Crippen molar-refractivity contribution < 1.29 is 9.53 Å². The van der Waals surface area contributed by atoms with Crippen LogP contribution in [0, 0.1) is 6.92 Å².